The molecule has 0 unspecified atom stereocenters. The van der Waals surface area contributed by atoms with Crippen molar-refractivity contribution < 1.29 is 60.5 Å². The molecular weight excluding hydrogens is 540 g/mol. The number of aliphatic hydroxyl groups excluding tert-OH is 8. The van der Waals surface area contributed by atoms with Gasteiger partial charge in [-0.25, -0.2) is 0 Å². The molecule has 0 spiro atoms. The first kappa shape index (κ1) is 30.9. The van der Waals surface area contributed by atoms with Crippen molar-refractivity contribution in [3.63, 3.8) is 0 Å². The van der Waals surface area contributed by atoms with E-state index in [0.29, 0.717) is 17.5 Å². The van der Waals surface area contributed by atoms with Crippen LogP contribution in [0.4, 0.5) is 0 Å². The molecule has 0 bridgehead atoms. The van der Waals surface area contributed by atoms with Crippen LogP contribution in [0.5, 0.6) is 11.5 Å². The molecule has 0 radical (unpaired) electrons. The number of phenolic OH excluding ortho intramolecular Hbond substituents is 2. The summed E-state index contributed by atoms with van der Waals surface area (Å²) in [5.74, 6) is 5.34. The van der Waals surface area contributed by atoms with Crippen LogP contribution < -0.4 is 0 Å². The zero-order valence-corrected chi connectivity index (χ0v) is 21.8. The number of benzene rings is 2. The topological polar surface area (TPSA) is 221 Å². The number of phenols is 2. The quantitative estimate of drug-likeness (QED) is 0.180. The zero-order chi connectivity index (χ0) is 29.8. The summed E-state index contributed by atoms with van der Waals surface area (Å²) in [6, 6.07) is 9.01. The second-order valence-corrected chi connectivity index (χ2v) is 10.00. The van der Waals surface area contributed by atoms with Gasteiger partial charge in [0.2, 0.25) is 0 Å². The van der Waals surface area contributed by atoms with E-state index in [2.05, 4.69) is 11.8 Å². The maximum Gasteiger partial charge on any atom is 0.122 e. The van der Waals surface area contributed by atoms with Gasteiger partial charge in [0.25, 0.3) is 0 Å². The Kier molecular flexibility index (Phi) is 10.0. The van der Waals surface area contributed by atoms with E-state index in [1.54, 1.807) is 24.3 Å². The smallest absolute Gasteiger partial charge is 0.122 e. The molecule has 222 valence electrons. The van der Waals surface area contributed by atoms with E-state index >= 15 is 0 Å². The lowest BCUT2D eigenvalue weighted by Crippen LogP contribution is -2.55. The number of rotatable bonds is 6. The Labute approximate surface area is 235 Å². The lowest BCUT2D eigenvalue weighted by molar-refractivity contribution is -0.232. The van der Waals surface area contributed by atoms with E-state index in [0.717, 1.165) is 0 Å². The highest BCUT2D eigenvalue weighted by Crippen LogP contribution is 2.38. The maximum atomic E-state index is 10.5. The first-order valence-corrected chi connectivity index (χ1v) is 13.0. The third kappa shape index (κ3) is 6.56. The van der Waals surface area contributed by atoms with Gasteiger partial charge in [-0.3, -0.25) is 0 Å². The molecule has 2 aliphatic rings. The van der Waals surface area contributed by atoms with Crippen molar-refractivity contribution in [3.05, 3.63) is 64.7 Å². The highest BCUT2D eigenvalue weighted by Gasteiger charge is 2.45. The molecule has 12 heteroatoms. The predicted molar refractivity (Wildman–Crippen MR) is 142 cm³/mol. The summed E-state index contributed by atoms with van der Waals surface area (Å²) in [6.45, 7) is -1.16. The van der Waals surface area contributed by atoms with E-state index in [9.17, 15) is 51.1 Å². The SMILES string of the molecule is OC[C@H]1O[C@@H](c2ccc(C#CC/C=C/c3ccc([C@@H]4O[C@H](CO)[C@@H](O)[C@H](O)[C@H]4O)c(O)c3)cc2O)[C@H](O)[C@@H](O)[C@@H]1O. The average molecular weight is 575 g/mol. The molecule has 0 amide bonds. The Morgan fingerprint density at radius 1 is 0.659 bits per heavy atom. The second kappa shape index (κ2) is 13.3. The molecular formula is C29H34O12. The molecule has 10 N–H and O–H groups in total. The van der Waals surface area contributed by atoms with Crippen molar-refractivity contribution in [1.82, 2.24) is 0 Å². The molecule has 41 heavy (non-hydrogen) atoms. The molecule has 12 nitrogen and oxygen atoms in total. The van der Waals surface area contributed by atoms with E-state index in [1.165, 1.54) is 24.3 Å². The van der Waals surface area contributed by atoms with Gasteiger partial charge in [0.15, 0.2) is 0 Å². The minimum Gasteiger partial charge on any atom is -0.508 e. The Balaban J connectivity index is 1.38. The fraction of sp³-hybridized carbons (Fsp3) is 0.448. The zero-order valence-electron chi connectivity index (χ0n) is 21.8. The average Bonchev–Trinajstić information content (AvgIpc) is 2.96. The fourth-order valence-corrected chi connectivity index (χ4v) is 4.89. The number of allylic oxidation sites excluding steroid dienone is 1. The van der Waals surface area contributed by atoms with Crippen molar-refractivity contribution in [2.75, 3.05) is 13.2 Å². The van der Waals surface area contributed by atoms with Crippen LogP contribution in [0.3, 0.4) is 0 Å². The van der Waals surface area contributed by atoms with Gasteiger partial charge >= 0.3 is 0 Å². The third-order valence-corrected chi connectivity index (χ3v) is 7.25. The molecule has 2 saturated heterocycles. The van der Waals surface area contributed by atoms with Crippen molar-refractivity contribution in [3.8, 4) is 23.3 Å². The highest BCUT2D eigenvalue weighted by atomic mass is 16.6. The highest BCUT2D eigenvalue weighted by molar-refractivity contribution is 5.55. The molecule has 0 saturated carbocycles. The van der Waals surface area contributed by atoms with Crippen LogP contribution in [-0.2, 0) is 9.47 Å². The van der Waals surface area contributed by atoms with Gasteiger partial charge in [0.1, 0.15) is 72.5 Å². The Hall–Kier alpha value is -3.06. The summed E-state index contributed by atoms with van der Waals surface area (Å²) < 4.78 is 11.0. The van der Waals surface area contributed by atoms with E-state index in [1.807, 2.05) is 0 Å². The maximum absolute atomic E-state index is 10.5. The van der Waals surface area contributed by atoms with Gasteiger partial charge in [-0.05, 0) is 23.8 Å². The Morgan fingerprint density at radius 2 is 1.17 bits per heavy atom. The van der Waals surface area contributed by atoms with E-state index < -0.39 is 74.3 Å². The monoisotopic (exact) mass is 574 g/mol. The Bertz CT molecular complexity index is 1280. The molecule has 4 rings (SSSR count). The lowest BCUT2D eigenvalue weighted by Gasteiger charge is -2.40. The molecule has 2 heterocycles. The van der Waals surface area contributed by atoms with Gasteiger partial charge in [0, 0.05) is 23.1 Å². The van der Waals surface area contributed by atoms with Crippen molar-refractivity contribution in [2.45, 2.75) is 67.5 Å². The molecule has 2 fully saturated rings. The van der Waals surface area contributed by atoms with Crippen LogP contribution in [0.15, 0.2) is 42.5 Å². The van der Waals surface area contributed by atoms with Crippen molar-refractivity contribution >= 4 is 6.08 Å². The van der Waals surface area contributed by atoms with Gasteiger partial charge in [-0.15, -0.1) is 0 Å². The van der Waals surface area contributed by atoms with Crippen LogP contribution >= 0.6 is 0 Å². The number of ether oxygens (including phenoxy) is 2. The first-order valence-electron chi connectivity index (χ1n) is 13.0. The Morgan fingerprint density at radius 3 is 1.66 bits per heavy atom. The number of aliphatic hydroxyl groups is 8. The van der Waals surface area contributed by atoms with Crippen molar-refractivity contribution in [2.24, 2.45) is 0 Å². The predicted octanol–water partition coefficient (Wildman–Crippen LogP) is -1.42. The number of hydrogen-bond acceptors (Lipinski definition) is 12. The molecule has 2 aromatic rings. The fourth-order valence-electron chi connectivity index (χ4n) is 4.89. The van der Waals surface area contributed by atoms with Crippen molar-refractivity contribution in [1.29, 1.82) is 0 Å². The van der Waals surface area contributed by atoms with Crippen LogP contribution in [-0.4, -0.2) is 113 Å². The third-order valence-electron chi connectivity index (χ3n) is 7.25. The summed E-state index contributed by atoms with van der Waals surface area (Å²) in [4.78, 5) is 0. The minimum absolute atomic E-state index is 0.166. The van der Waals surface area contributed by atoms with Gasteiger partial charge in [-0.1, -0.05) is 42.2 Å². The minimum atomic E-state index is -1.57. The standard InChI is InChI=1S/C29H34O12/c30-12-20-22(34)24(36)26(38)28(40-20)16-8-6-14(10-18(16)32)4-2-1-3-5-15-7-9-17(19(33)11-15)29-27(39)25(37)23(35)21(13-31)41-29/h2,4,6-11,20-39H,1,12-13H2/b4-2+/t20-,21-,22-,23-,24+,25+,26-,27-,28+,29+/m1/s1. The normalized spacial score (nSPS) is 33.9. The summed E-state index contributed by atoms with van der Waals surface area (Å²) in [5.41, 5.74) is 1.43. The summed E-state index contributed by atoms with van der Waals surface area (Å²) in [7, 11) is 0. The number of aromatic hydroxyl groups is 2. The van der Waals surface area contributed by atoms with Crippen LogP contribution in [0.1, 0.15) is 40.9 Å². The van der Waals surface area contributed by atoms with Crippen LogP contribution in [0.2, 0.25) is 0 Å². The van der Waals surface area contributed by atoms with Gasteiger partial charge in [-0.2, -0.15) is 0 Å². The molecule has 0 aliphatic carbocycles. The first-order chi connectivity index (χ1) is 19.6. The molecule has 0 aromatic heterocycles. The number of hydrogen-bond donors (Lipinski definition) is 10. The van der Waals surface area contributed by atoms with Crippen LogP contribution in [0, 0.1) is 11.8 Å². The van der Waals surface area contributed by atoms with Gasteiger partial charge < -0.3 is 60.5 Å². The lowest BCUT2D eigenvalue weighted by atomic mass is 9.90. The molecule has 10 atom stereocenters. The van der Waals surface area contributed by atoms with Gasteiger partial charge in [0.05, 0.1) is 13.2 Å². The summed E-state index contributed by atoms with van der Waals surface area (Å²) >= 11 is 0. The summed E-state index contributed by atoms with van der Waals surface area (Å²) in [6.07, 6.45) is -9.94. The van der Waals surface area contributed by atoms with Crippen LogP contribution in [0.25, 0.3) is 6.08 Å². The van der Waals surface area contributed by atoms with E-state index in [-0.39, 0.29) is 22.6 Å². The van der Waals surface area contributed by atoms with E-state index in [4.69, 9.17) is 9.47 Å². The second-order valence-electron chi connectivity index (χ2n) is 10.00. The molecule has 2 aromatic carbocycles. The summed E-state index contributed by atoms with van der Waals surface area (Å²) in [5, 5.41) is 100. The molecule has 2 aliphatic heterocycles. The largest absolute Gasteiger partial charge is 0.508 e.